The van der Waals surface area contributed by atoms with Crippen LogP contribution in [-0.2, 0) is 13.2 Å². The Balaban J connectivity index is 2.87. The first-order valence-electron chi connectivity index (χ1n) is 5.92. The van der Waals surface area contributed by atoms with Crippen LogP contribution < -0.4 is 5.56 Å². The molecule has 0 unspecified atom stereocenters. The fourth-order valence-electron chi connectivity index (χ4n) is 2.13. The van der Waals surface area contributed by atoms with Gasteiger partial charge in [0.15, 0.2) is 0 Å². The minimum absolute atomic E-state index is 0.0396. The molecule has 0 aliphatic rings. The summed E-state index contributed by atoms with van der Waals surface area (Å²) >= 11 is 0. The maximum absolute atomic E-state index is 12.7. The lowest BCUT2D eigenvalue weighted by atomic mass is 9.97. The molecule has 5 heteroatoms. The van der Waals surface area contributed by atoms with Crippen molar-refractivity contribution in [2.75, 3.05) is 0 Å². The van der Waals surface area contributed by atoms with Crippen LogP contribution in [0.3, 0.4) is 0 Å². The van der Waals surface area contributed by atoms with Crippen LogP contribution in [0.5, 0.6) is 0 Å². The van der Waals surface area contributed by atoms with E-state index in [1.165, 1.54) is 10.6 Å². The van der Waals surface area contributed by atoms with Gasteiger partial charge in [0.05, 0.1) is 5.56 Å². The molecule has 2 rings (SSSR count). The summed E-state index contributed by atoms with van der Waals surface area (Å²) in [5, 5.41) is 0.703. The smallest absolute Gasteiger partial charge is 0.318 e. The average molecular weight is 269 g/mol. The zero-order chi connectivity index (χ0) is 14.4. The first-order valence-corrected chi connectivity index (χ1v) is 5.92. The molecule has 1 heterocycles. The Morgan fingerprint density at radius 3 is 2.32 bits per heavy atom. The van der Waals surface area contributed by atoms with Gasteiger partial charge in [-0.15, -0.1) is 0 Å². The Bertz CT molecular complexity index is 683. The van der Waals surface area contributed by atoms with E-state index in [-0.39, 0.29) is 11.5 Å². The number of hydrogen-bond acceptors (Lipinski definition) is 1. The van der Waals surface area contributed by atoms with Gasteiger partial charge in [-0.25, -0.2) is 0 Å². The number of pyridine rings is 1. The second-order valence-corrected chi connectivity index (χ2v) is 4.91. The van der Waals surface area contributed by atoms with Crippen LogP contribution in [0.2, 0.25) is 0 Å². The van der Waals surface area contributed by atoms with E-state index in [4.69, 9.17) is 0 Å². The molecule has 0 spiro atoms. The van der Waals surface area contributed by atoms with Gasteiger partial charge in [-0.2, -0.15) is 13.2 Å². The first kappa shape index (κ1) is 13.6. The Hall–Kier alpha value is -1.78. The zero-order valence-electron chi connectivity index (χ0n) is 10.9. The lowest BCUT2D eigenvalue weighted by Crippen LogP contribution is -2.18. The number of rotatable bonds is 1. The average Bonchev–Trinajstić information content (AvgIpc) is 2.31. The van der Waals surface area contributed by atoms with Crippen molar-refractivity contribution >= 4 is 10.8 Å². The van der Waals surface area contributed by atoms with Crippen molar-refractivity contribution < 1.29 is 13.2 Å². The van der Waals surface area contributed by atoms with Crippen LogP contribution in [0.15, 0.2) is 29.2 Å². The van der Waals surface area contributed by atoms with Crippen molar-refractivity contribution in [3.05, 3.63) is 45.9 Å². The van der Waals surface area contributed by atoms with Crippen LogP contribution in [0.25, 0.3) is 10.8 Å². The van der Waals surface area contributed by atoms with Crippen molar-refractivity contribution in [1.82, 2.24) is 4.57 Å². The molecular formula is C14H14F3NO. The first-order chi connectivity index (χ1) is 8.71. The van der Waals surface area contributed by atoms with Crippen LogP contribution >= 0.6 is 0 Å². The Morgan fingerprint density at radius 1 is 1.16 bits per heavy atom. The second kappa shape index (κ2) is 4.40. The van der Waals surface area contributed by atoms with Gasteiger partial charge in [-0.1, -0.05) is 13.8 Å². The summed E-state index contributed by atoms with van der Waals surface area (Å²) < 4.78 is 39.6. The molecule has 0 atom stereocenters. The van der Waals surface area contributed by atoms with Crippen molar-refractivity contribution in [2.24, 2.45) is 7.05 Å². The maximum Gasteiger partial charge on any atom is 0.416 e. The Kier molecular flexibility index (Phi) is 3.16. The summed E-state index contributed by atoms with van der Waals surface area (Å²) in [6.07, 6.45) is -2.79. The van der Waals surface area contributed by atoms with Crippen molar-refractivity contribution in [3.63, 3.8) is 0 Å². The molecule has 0 saturated heterocycles. The lowest BCUT2D eigenvalue weighted by Gasteiger charge is -2.14. The molecule has 0 amide bonds. The third-order valence-electron chi connectivity index (χ3n) is 3.16. The minimum Gasteiger partial charge on any atom is -0.318 e. The van der Waals surface area contributed by atoms with Gasteiger partial charge in [0.2, 0.25) is 0 Å². The summed E-state index contributed by atoms with van der Waals surface area (Å²) in [6, 6.07) is 3.27. The second-order valence-electron chi connectivity index (χ2n) is 4.91. The van der Waals surface area contributed by atoms with E-state index in [0.29, 0.717) is 10.8 Å². The van der Waals surface area contributed by atoms with E-state index in [1.54, 1.807) is 13.2 Å². The quantitative estimate of drug-likeness (QED) is 0.774. The predicted molar refractivity (Wildman–Crippen MR) is 68.3 cm³/mol. The van der Waals surface area contributed by atoms with E-state index in [0.717, 1.165) is 17.7 Å². The minimum atomic E-state index is -4.40. The predicted octanol–water partition coefficient (Wildman–Crippen LogP) is 3.68. The van der Waals surface area contributed by atoms with Gasteiger partial charge in [0.25, 0.3) is 5.56 Å². The highest BCUT2D eigenvalue weighted by molar-refractivity contribution is 5.86. The van der Waals surface area contributed by atoms with Crippen LogP contribution in [0, 0.1) is 0 Å². The van der Waals surface area contributed by atoms with E-state index >= 15 is 0 Å². The number of aromatic nitrogens is 1. The standard InChI is InChI=1S/C14H14F3NO/c1-8(2)12-7-18(3)13(19)10-5-4-9(6-11(10)12)14(15,16)17/h4-8H,1-3H3. The SMILES string of the molecule is CC(C)c1cn(C)c(=O)c2ccc(C(F)(F)F)cc12. The van der Waals surface area contributed by atoms with Gasteiger partial charge >= 0.3 is 6.18 Å². The van der Waals surface area contributed by atoms with Gasteiger partial charge in [-0.05, 0) is 35.1 Å². The maximum atomic E-state index is 12.7. The molecular weight excluding hydrogens is 255 g/mol. The molecule has 0 aliphatic carbocycles. The lowest BCUT2D eigenvalue weighted by molar-refractivity contribution is -0.137. The number of nitrogens with zero attached hydrogens (tertiary/aromatic N) is 1. The van der Waals surface area contributed by atoms with Crippen LogP contribution in [0.4, 0.5) is 13.2 Å². The Labute approximate surface area is 108 Å². The molecule has 0 N–H and O–H groups in total. The van der Waals surface area contributed by atoms with E-state index in [2.05, 4.69) is 0 Å². The summed E-state index contributed by atoms with van der Waals surface area (Å²) in [4.78, 5) is 11.9. The largest absolute Gasteiger partial charge is 0.416 e. The van der Waals surface area contributed by atoms with Gasteiger partial charge < -0.3 is 4.57 Å². The van der Waals surface area contributed by atoms with Gasteiger partial charge in [0.1, 0.15) is 0 Å². The summed E-state index contributed by atoms with van der Waals surface area (Å²) in [5.41, 5.74) is -0.272. The number of aryl methyl sites for hydroxylation is 1. The van der Waals surface area contributed by atoms with Gasteiger partial charge in [-0.3, -0.25) is 4.79 Å². The highest BCUT2D eigenvalue weighted by Crippen LogP contribution is 2.32. The third kappa shape index (κ3) is 2.37. The number of halogens is 3. The highest BCUT2D eigenvalue weighted by atomic mass is 19.4. The molecule has 2 aromatic rings. The highest BCUT2D eigenvalue weighted by Gasteiger charge is 2.31. The monoisotopic (exact) mass is 269 g/mol. The third-order valence-corrected chi connectivity index (χ3v) is 3.16. The summed E-state index contributed by atoms with van der Waals surface area (Å²) in [5.74, 6) is 0.0396. The molecule has 19 heavy (non-hydrogen) atoms. The van der Waals surface area contributed by atoms with Gasteiger partial charge in [0, 0.05) is 18.6 Å². The normalized spacial score (nSPS) is 12.4. The molecule has 0 aliphatic heterocycles. The molecule has 2 nitrogen and oxygen atoms in total. The van der Waals surface area contributed by atoms with E-state index < -0.39 is 11.7 Å². The topological polar surface area (TPSA) is 22.0 Å². The number of hydrogen-bond donors (Lipinski definition) is 0. The fourth-order valence-corrected chi connectivity index (χ4v) is 2.13. The number of fused-ring (bicyclic) bond motifs is 1. The summed E-state index contributed by atoms with van der Waals surface area (Å²) in [7, 11) is 1.60. The molecule has 0 bridgehead atoms. The van der Waals surface area contributed by atoms with E-state index in [1.807, 2.05) is 13.8 Å². The van der Waals surface area contributed by atoms with Crippen LogP contribution in [0.1, 0.15) is 30.9 Å². The fraction of sp³-hybridized carbons (Fsp3) is 0.357. The van der Waals surface area contributed by atoms with E-state index in [9.17, 15) is 18.0 Å². The molecule has 102 valence electrons. The zero-order valence-corrected chi connectivity index (χ0v) is 10.9. The number of benzene rings is 1. The Morgan fingerprint density at radius 2 is 1.79 bits per heavy atom. The van der Waals surface area contributed by atoms with Crippen molar-refractivity contribution in [2.45, 2.75) is 25.9 Å². The molecule has 1 aromatic heterocycles. The molecule has 0 fully saturated rings. The number of alkyl halides is 3. The van der Waals surface area contributed by atoms with Crippen molar-refractivity contribution in [3.8, 4) is 0 Å². The van der Waals surface area contributed by atoms with Crippen molar-refractivity contribution in [1.29, 1.82) is 0 Å². The molecule has 0 radical (unpaired) electrons. The van der Waals surface area contributed by atoms with Crippen LogP contribution in [-0.4, -0.2) is 4.57 Å². The molecule has 0 saturated carbocycles. The summed E-state index contributed by atoms with van der Waals surface area (Å²) in [6.45, 7) is 3.78. The molecule has 1 aromatic carbocycles.